The highest BCUT2D eigenvalue weighted by Crippen LogP contribution is 2.21. The van der Waals surface area contributed by atoms with Crippen molar-refractivity contribution < 1.29 is 14.1 Å². The van der Waals surface area contributed by atoms with Crippen molar-refractivity contribution in [2.24, 2.45) is 0 Å². The van der Waals surface area contributed by atoms with Crippen LogP contribution < -0.4 is 5.32 Å². The molecular weight excluding hydrogens is 393 g/mol. The molecule has 1 N–H and O–H groups in total. The lowest BCUT2D eigenvalue weighted by atomic mass is 10.2. The van der Waals surface area contributed by atoms with Gasteiger partial charge in [-0.2, -0.15) is 5.10 Å². The van der Waals surface area contributed by atoms with Gasteiger partial charge < -0.3 is 0 Å². The number of hydrogen-bond donors (Lipinski definition) is 1. The van der Waals surface area contributed by atoms with Gasteiger partial charge in [0, 0.05) is 10.6 Å². The summed E-state index contributed by atoms with van der Waals surface area (Å²) in [4.78, 5) is 26.7. The maximum Gasteiger partial charge on any atom is 0.309 e. The molecule has 12 heteroatoms. The van der Waals surface area contributed by atoms with Gasteiger partial charge in [0.15, 0.2) is 0 Å². The first-order valence-electron chi connectivity index (χ1n) is 8.09. The molecule has 28 heavy (non-hydrogen) atoms. The summed E-state index contributed by atoms with van der Waals surface area (Å²) in [6, 6.07) is 3.51. The molecule has 1 atom stereocenters. The van der Waals surface area contributed by atoms with Gasteiger partial charge in [0.1, 0.15) is 30.1 Å². The SMILES string of the molecule is Cc1c([N+](=O)[O-])cnn1C(C)C(=O)Nc1ncn(Cc2c(F)cccc2Cl)n1. The molecule has 1 unspecified atom stereocenters. The van der Waals surface area contributed by atoms with Crippen LogP contribution in [-0.4, -0.2) is 35.4 Å². The molecule has 1 aromatic carbocycles. The highest BCUT2D eigenvalue weighted by Gasteiger charge is 2.24. The van der Waals surface area contributed by atoms with Crippen LogP contribution >= 0.6 is 11.6 Å². The lowest BCUT2D eigenvalue weighted by molar-refractivity contribution is -0.385. The van der Waals surface area contributed by atoms with Crippen molar-refractivity contribution >= 4 is 29.1 Å². The van der Waals surface area contributed by atoms with E-state index in [-0.39, 0.29) is 34.5 Å². The van der Waals surface area contributed by atoms with E-state index >= 15 is 0 Å². The van der Waals surface area contributed by atoms with Gasteiger partial charge in [0.2, 0.25) is 5.95 Å². The van der Waals surface area contributed by atoms with E-state index in [9.17, 15) is 19.3 Å². The first-order chi connectivity index (χ1) is 13.3. The fourth-order valence-corrected chi connectivity index (χ4v) is 2.81. The molecule has 0 aliphatic heterocycles. The van der Waals surface area contributed by atoms with E-state index < -0.39 is 22.7 Å². The third kappa shape index (κ3) is 3.83. The van der Waals surface area contributed by atoms with Gasteiger partial charge in [-0.25, -0.2) is 14.1 Å². The number of nitrogens with one attached hydrogen (secondary N) is 1. The Balaban J connectivity index is 1.71. The van der Waals surface area contributed by atoms with E-state index in [1.165, 1.54) is 41.7 Å². The average molecular weight is 408 g/mol. The van der Waals surface area contributed by atoms with Gasteiger partial charge in [-0.3, -0.25) is 24.9 Å². The zero-order chi connectivity index (χ0) is 20.4. The second kappa shape index (κ2) is 7.72. The molecule has 2 aromatic heterocycles. The quantitative estimate of drug-likeness (QED) is 0.495. The van der Waals surface area contributed by atoms with E-state index in [0.717, 1.165) is 6.20 Å². The van der Waals surface area contributed by atoms with Crippen molar-refractivity contribution in [1.29, 1.82) is 0 Å². The van der Waals surface area contributed by atoms with Gasteiger partial charge in [0.05, 0.1) is 11.5 Å². The molecule has 3 aromatic rings. The number of carbonyl (C=O) groups is 1. The summed E-state index contributed by atoms with van der Waals surface area (Å²) in [6.07, 6.45) is 2.41. The average Bonchev–Trinajstić information content (AvgIpc) is 3.24. The Kier molecular flexibility index (Phi) is 5.36. The summed E-state index contributed by atoms with van der Waals surface area (Å²) in [5, 5.41) is 21.6. The summed E-state index contributed by atoms with van der Waals surface area (Å²) in [6.45, 7) is 3.07. The largest absolute Gasteiger partial charge is 0.309 e. The number of halogens is 2. The summed E-state index contributed by atoms with van der Waals surface area (Å²) in [7, 11) is 0. The molecule has 0 radical (unpaired) electrons. The van der Waals surface area contributed by atoms with Crippen LogP contribution in [0.15, 0.2) is 30.7 Å². The van der Waals surface area contributed by atoms with E-state index in [4.69, 9.17) is 11.6 Å². The number of amides is 1. The van der Waals surface area contributed by atoms with E-state index in [1.54, 1.807) is 6.07 Å². The molecule has 0 bridgehead atoms. The summed E-state index contributed by atoms with van der Waals surface area (Å²) in [5.74, 6) is -0.982. The molecule has 1 amide bonds. The number of anilines is 1. The van der Waals surface area contributed by atoms with Crippen LogP contribution in [-0.2, 0) is 11.3 Å². The molecule has 0 saturated heterocycles. The van der Waals surface area contributed by atoms with Crippen LogP contribution in [0, 0.1) is 22.9 Å². The zero-order valence-corrected chi connectivity index (χ0v) is 15.6. The molecule has 146 valence electrons. The van der Waals surface area contributed by atoms with Gasteiger partial charge in [-0.1, -0.05) is 17.7 Å². The number of nitro groups is 1. The van der Waals surface area contributed by atoms with Crippen molar-refractivity contribution in [3.8, 4) is 0 Å². The maximum absolute atomic E-state index is 13.9. The third-order valence-electron chi connectivity index (χ3n) is 4.12. The topological polar surface area (TPSA) is 121 Å². The van der Waals surface area contributed by atoms with Gasteiger partial charge in [-0.05, 0) is 26.0 Å². The van der Waals surface area contributed by atoms with Crippen LogP contribution in [0.5, 0.6) is 0 Å². The zero-order valence-electron chi connectivity index (χ0n) is 14.8. The molecule has 0 spiro atoms. The number of carbonyl (C=O) groups excluding carboxylic acids is 1. The number of rotatable bonds is 6. The highest BCUT2D eigenvalue weighted by molar-refractivity contribution is 6.31. The molecule has 0 fully saturated rings. The highest BCUT2D eigenvalue weighted by atomic mass is 35.5. The van der Waals surface area contributed by atoms with Crippen LogP contribution in [0.4, 0.5) is 16.0 Å². The Morgan fingerprint density at radius 3 is 2.86 bits per heavy atom. The van der Waals surface area contributed by atoms with Crippen molar-refractivity contribution in [3.05, 3.63) is 62.9 Å². The predicted octanol–water partition coefficient (Wildman–Crippen LogP) is 2.73. The lowest BCUT2D eigenvalue weighted by Crippen LogP contribution is -2.25. The molecule has 0 aliphatic rings. The van der Waals surface area contributed by atoms with Crippen molar-refractivity contribution in [2.75, 3.05) is 5.32 Å². The number of aromatic nitrogens is 5. The first kappa shape index (κ1) is 19.4. The van der Waals surface area contributed by atoms with Gasteiger partial charge >= 0.3 is 5.69 Å². The number of hydrogen-bond acceptors (Lipinski definition) is 6. The second-order valence-electron chi connectivity index (χ2n) is 5.95. The second-order valence-corrected chi connectivity index (χ2v) is 6.36. The smallest absolute Gasteiger partial charge is 0.291 e. The Morgan fingerprint density at radius 2 is 2.21 bits per heavy atom. The van der Waals surface area contributed by atoms with Gasteiger partial charge in [0.25, 0.3) is 5.91 Å². The Labute approximate surface area is 163 Å². The molecule has 0 saturated carbocycles. The Bertz CT molecular complexity index is 1030. The minimum absolute atomic E-state index is 0.00335. The summed E-state index contributed by atoms with van der Waals surface area (Å²) >= 11 is 5.99. The van der Waals surface area contributed by atoms with E-state index in [1.807, 2.05) is 0 Å². The fourth-order valence-electron chi connectivity index (χ4n) is 2.58. The van der Waals surface area contributed by atoms with Crippen molar-refractivity contribution in [2.45, 2.75) is 26.4 Å². The van der Waals surface area contributed by atoms with E-state index in [2.05, 4.69) is 20.5 Å². The Hall–Kier alpha value is -3.34. The predicted molar refractivity (Wildman–Crippen MR) is 97.5 cm³/mol. The first-order valence-corrected chi connectivity index (χ1v) is 8.47. The standard InChI is InChI=1S/C16H15ClFN7O3/c1-9-14(25(27)28)6-20-24(9)10(2)15(26)21-16-19-8-23(22-16)7-11-12(17)4-3-5-13(11)18/h3-6,8,10H,7H2,1-2H3,(H,21,22,26). The molecule has 0 aliphatic carbocycles. The van der Waals surface area contributed by atoms with Crippen molar-refractivity contribution in [3.63, 3.8) is 0 Å². The minimum Gasteiger partial charge on any atom is -0.291 e. The van der Waals surface area contributed by atoms with Crippen LogP contribution in [0.1, 0.15) is 24.2 Å². The number of benzene rings is 1. The summed E-state index contributed by atoms with van der Waals surface area (Å²) < 4.78 is 16.4. The number of nitrogens with zero attached hydrogens (tertiary/aromatic N) is 6. The summed E-state index contributed by atoms with van der Waals surface area (Å²) in [5.41, 5.74) is 0.323. The maximum atomic E-state index is 13.9. The molecule has 3 rings (SSSR count). The molecule has 10 nitrogen and oxygen atoms in total. The Morgan fingerprint density at radius 1 is 1.46 bits per heavy atom. The van der Waals surface area contributed by atoms with Crippen molar-refractivity contribution in [1.82, 2.24) is 24.5 Å². The fraction of sp³-hybridized carbons (Fsp3) is 0.250. The van der Waals surface area contributed by atoms with Crippen LogP contribution in [0.25, 0.3) is 0 Å². The van der Waals surface area contributed by atoms with Crippen LogP contribution in [0.2, 0.25) is 5.02 Å². The third-order valence-corrected chi connectivity index (χ3v) is 4.47. The minimum atomic E-state index is -0.832. The monoisotopic (exact) mass is 407 g/mol. The molecular formula is C16H15ClFN7O3. The normalized spacial score (nSPS) is 12.0. The van der Waals surface area contributed by atoms with E-state index in [0.29, 0.717) is 0 Å². The lowest BCUT2D eigenvalue weighted by Gasteiger charge is -2.12. The van der Waals surface area contributed by atoms with Gasteiger partial charge in [-0.15, -0.1) is 5.10 Å². The molecule has 2 heterocycles. The van der Waals surface area contributed by atoms with Crippen LogP contribution in [0.3, 0.4) is 0 Å².